The molecule has 0 fully saturated rings. The number of rotatable bonds is 3. The summed E-state index contributed by atoms with van der Waals surface area (Å²) in [5, 5.41) is 12.3. The minimum absolute atomic E-state index is 0.0850. The van der Waals surface area contributed by atoms with Gasteiger partial charge in [-0.3, -0.25) is 0 Å². The van der Waals surface area contributed by atoms with Gasteiger partial charge in [0.05, 0.1) is 6.04 Å². The summed E-state index contributed by atoms with van der Waals surface area (Å²) in [6, 6.07) is 17.1. The molecule has 24 heavy (non-hydrogen) atoms. The molecule has 3 nitrogen and oxygen atoms in total. The van der Waals surface area contributed by atoms with Crippen LogP contribution in [0.5, 0.6) is 5.75 Å². The molecule has 1 heterocycles. The van der Waals surface area contributed by atoms with E-state index in [1.165, 1.54) is 20.4 Å². The third-order valence-corrected chi connectivity index (χ3v) is 5.54. The molecule has 4 heteroatoms. The van der Waals surface area contributed by atoms with Gasteiger partial charge in [-0.25, -0.2) is 0 Å². The lowest BCUT2D eigenvalue weighted by Gasteiger charge is -2.37. The van der Waals surface area contributed by atoms with Gasteiger partial charge in [0.25, 0.3) is 0 Å². The Kier molecular flexibility index (Phi) is 4.19. The number of nitrogens with one attached hydrogen (secondary N) is 1. The Bertz CT molecular complexity index is 823. The van der Waals surface area contributed by atoms with Crippen LogP contribution < -0.4 is 10.1 Å². The number of hydrogen-bond acceptors (Lipinski definition) is 3. The minimum atomic E-state index is 0.0850. The number of ether oxygens (including phenoxy) is 1. The standard InChI is InChI=1S/C20H17IN2O/c21-14-6-9-19-18(12-14)16-2-1-3-17(16)20(23-19)13-4-7-15(8-5-13)24-11-10-22/h1-2,4-9,12,16-17,20,23H,3,11H2/t16-,17+,20+/m1/s1. The Hall–Kier alpha value is -2.00. The van der Waals surface area contributed by atoms with Gasteiger partial charge in [0.2, 0.25) is 0 Å². The molecule has 0 bridgehead atoms. The smallest absolute Gasteiger partial charge is 0.174 e. The van der Waals surface area contributed by atoms with Crippen LogP contribution in [0.4, 0.5) is 5.69 Å². The van der Waals surface area contributed by atoms with E-state index in [-0.39, 0.29) is 6.61 Å². The molecular weight excluding hydrogens is 411 g/mol. The van der Waals surface area contributed by atoms with Crippen LogP contribution in [0.25, 0.3) is 0 Å². The zero-order chi connectivity index (χ0) is 16.5. The van der Waals surface area contributed by atoms with Crippen molar-refractivity contribution in [1.29, 1.82) is 5.26 Å². The number of anilines is 1. The van der Waals surface area contributed by atoms with Crippen molar-refractivity contribution in [2.24, 2.45) is 5.92 Å². The van der Waals surface area contributed by atoms with E-state index < -0.39 is 0 Å². The number of hydrogen-bond donors (Lipinski definition) is 1. The molecule has 0 unspecified atom stereocenters. The van der Waals surface area contributed by atoms with Crippen molar-refractivity contribution in [3.05, 3.63) is 69.3 Å². The summed E-state index contributed by atoms with van der Waals surface area (Å²) in [6.07, 6.45) is 5.77. The molecule has 0 spiro atoms. The number of nitriles is 1. The molecule has 1 aliphatic heterocycles. The lowest BCUT2D eigenvalue weighted by atomic mass is 9.77. The average Bonchev–Trinajstić information content (AvgIpc) is 3.10. The maximum Gasteiger partial charge on any atom is 0.174 e. The van der Waals surface area contributed by atoms with E-state index >= 15 is 0 Å². The summed E-state index contributed by atoms with van der Waals surface area (Å²) in [4.78, 5) is 0. The number of fused-ring (bicyclic) bond motifs is 3. The predicted octanol–water partition coefficient (Wildman–Crippen LogP) is 5.02. The van der Waals surface area contributed by atoms with Crippen LogP contribution in [0.2, 0.25) is 0 Å². The molecule has 1 N–H and O–H groups in total. The van der Waals surface area contributed by atoms with Crippen molar-refractivity contribution in [3.63, 3.8) is 0 Å². The van der Waals surface area contributed by atoms with E-state index in [0.717, 1.165) is 12.2 Å². The SMILES string of the molecule is N#CCOc1ccc([C@@H]2Nc3ccc(I)cc3[C@@H]3C=CC[C@@H]32)cc1. The summed E-state index contributed by atoms with van der Waals surface area (Å²) in [5.41, 5.74) is 3.91. The van der Waals surface area contributed by atoms with Crippen LogP contribution in [-0.2, 0) is 0 Å². The van der Waals surface area contributed by atoms with Gasteiger partial charge in [0, 0.05) is 15.2 Å². The molecule has 4 rings (SSSR count). The topological polar surface area (TPSA) is 45.0 Å². The van der Waals surface area contributed by atoms with Crippen LogP contribution in [0.15, 0.2) is 54.6 Å². The van der Waals surface area contributed by atoms with Crippen LogP contribution in [0.1, 0.15) is 29.5 Å². The molecule has 0 saturated carbocycles. The van der Waals surface area contributed by atoms with E-state index in [1.807, 2.05) is 18.2 Å². The van der Waals surface area contributed by atoms with Crippen molar-refractivity contribution in [3.8, 4) is 11.8 Å². The van der Waals surface area contributed by atoms with Gasteiger partial charge in [-0.1, -0.05) is 24.3 Å². The monoisotopic (exact) mass is 428 g/mol. The Balaban J connectivity index is 1.64. The largest absolute Gasteiger partial charge is 0.479 e. The molecule has 0 radical (unpaired) electrons. The first-order chi connectivity index (χ1) is 11.8. The van der Waals surface area contributed by atoms with Gasteiger partial charge in [-0.05, 0) is 76.4 Å². The van der Waals surface area contributed by atoms with Crippen LogP contribution in [0.3, 0.4) is 0 Å². The summed E-state index contributed by atoms with van der Waals surface area (Å²) in [5.74, 6) is 1.77. The van der Waals surface area contributed by atoms with Gasteiger partial charge in [0.1, 0.15) is 11.8 Å². The Morgan fingerprint density at radius 2 is 2.04 bits per heavy atom. The highest BCUT2D eigenvalue weighted by molar-refractivity contribution is 14.1. The quantitative estimate of drug-likeness (QED) is 0.552. The molecule has 2 aromatic carbocycles. The average molecular weight is 428 g/mol. The summed E-state index contributed by atoms with van der Waals surface area (Å²) < 4.78 is 6.64. The zero-order valence-corrected chi connectivity index (χ0v) is 15.2. The molecule has 2 aromatic rings. The fourth-order valence-electron chi connectivity index (χ4n) is 3.78. The van der Waals surface area contributed by atoms with Crippen molar-refractivity contribution in [1.82, 2.24) is 0 Å². The molecule has 120 valence electrons. The summed E-state index contributed by atoms with van der Waals surface area (Å²) in [7, 11) is 0. The number of benzene rings is 2. The molecule has 0 aromatic heterocycles. The fraction of sp³-hybridized carbons (Fsp3) is 0.250. The normalized spacial score (nSPS) is 23.8. The summed E-state index contributed by atoms with van der Waals surface area (Å²) in [6.45, 7) is 0.0850. The second-order valence-electron chi connectivity index (χ2n) is 6.22. The van der Waals surface area contributed by atoms with Gasteiger partial charge in [-0.2, -0.15) is 5.26 Å². The van der Waals surface area contributed by atoms with Gasteiger partial charge in [-0.15, -0.1) is 0 Å². The van der Waals surface area contributed by atoms with Gasteiger partial charge < -0.3 is 10.1 Å². The molecular formula is C20H17IN2O. The molecule has 0 amide bonds. The number of allylic oxidation sites excluding steroid dienone is 2. The lowest BCUT2D eigenvalue weighted by molar-refractivity contribution is 0.367. The van der Waals surface area contributed by atoms with Crippen LogP contribution >= 0.6 is 22.6 Å². The van der Waals surface area contributed by atoms with Crippen molar-refractivity contribution in [2.75, 3.05) is 11.9 Å². The van der Waals surface area contributed by atoms with Gasteiger partial charge >= 0.3 is 0 Å². The van der Waals surface area contributed by atoms with Crippen LogP contribution in [0, 0.1) is 20.8 Å². The third kappa shape index (κ3) is 2.78. The van der Waals surface area contributed by atoms with E-state index in [0.29, 0.717) is 17.9 Å². The van der Waals surface area contributed by atoms with Crippen molar-refractivity contribution < 1.29 is 4.74 Å². The first kappa shape index (κ1) is 15.5. The number of halogens is 1. The minimum Gasteiger partial charge on any atom is -0.479 e. The molecule has 0 saturated heterocycles. The second-order valence-corrected chi connectivity index (χ2v) is 7.47. The van der Waals surface area contributed by atoms with Crippen molar-refractivity contribution >= 4 is 28.3 Å². The maximum atomic E-state index is 8.61. The molecule has 3 atom stereocenters. The first-order valence-corrected chi connectivity index (χ1v) is 9.16. The Morgan fingerprint density at radius 1 is 1.21 bits per heavy atom. The highest BCUT2D eigenvalue weighted by atomic mass is 127. The van der Waals surface area contributed by atoms with Crippen LogP contribution in [-0.4, -0.2) is 6.61 Å². The first-order valence-electron chi connectivity index (χ1n) is 8.08. The van der Waals surface area contributed by atoms with Gasteiger partial charge in [0.15, 0.2) is 6.61 Å². The molecule has 2 aliphatic rings. The number of nitrogens with zero attached hydrogens (tertiary/aromatic N) is 1. The molecule has 1 aliphatic carbocycles. The zero-order valence-electron chi connectivity index (χ0n) is 13.1. The second kappa shape index (κ2) is 6.48. The Morgan fingerprint density at radius 3 is 2.83 bits per heavy atom. The third-order valence-electron chi connectivity index (χ3n) is 4.87. The highest BCUT2D eigenvalue weighted by Crippen LogP contribution is 2.50. The summed E-state index contributed by atoms with van der Waals surface area (Å²) >= 11 is 2.38. The van der Waals surface area contributed by atoms with E-state index in [1.54, 1.807) is 0 Å². The Labute approximate surface area is 155 Å². The van der Waals surface area contributed by atoms with Crippen molar-refractivity contribution in [2.45, 2.75) is 18.4 Å². The fourth-order valence-corrected chi connectivity index (χ4v) is 4.30. The maximum absolute atomic E-state index is 8.61. The highest BCUT2D eigenvalue weighted by Gasteiger charge is 2.37. The van der Waals surface area contributed by atoms with E-state index in [9.17, 15) is 0 Å². The predicted molar refractivity (Wildman–Crippen MR) is 103 cm³/mol. The lowest BCUT2D eigenvalue weighted by Crippen LogP contribution is -2.29. The van der Waals surface area contributed by atoms with E-state index in [2.05, 4.69) is 70.4 Å². The van der Waals surface area contributed by atoms with E-state index in [4.69, 9.17) is 10.00 Å².